The molecule has 0 heterocycles. The average molecular weight is 458 g/mol. The molecule has 0 unspecified atom stereocenters. The van der Waals surface area contributed by atoms with Crippen LogP contribution in [0.4, 0.5) is 14.5 Å². The predicted molar refractivity (Wildman–Crippen MR) is 101 cm³/mol. The van der Waals surface area contributed by atoms with Crippen molar-refractivity contribution in [3.05, 3.63) is 68.1 Å². The number of anilines is 1. The molecule has 0 aliphatic carbocycles. The summed E-state index contributed by atoms with van der Waals surface area (Å²) in [6.45, 7) is 1.34. The second-order valence-corrected chi connectivity index (χ2v) is 6.33. The van der Waals surface area contributed by atoms with Gasteiger partial charge in [0.05, 0.1) is 21.3 Å². The molecule has 0 saturated heterocycles. The fraction of sp³-hybridized carbons (Fsp3) is 0.0625. The molecule has 2 aromatic carbocycles. The van der Waals surface area contributed by atoms with Crippen molar-refractivity contribution in [3.63, 3.8) is 0 Å². The molecule has 2 rings (SSSR count). The molecular formula is C16H11BrClF2KNOS. The van der Waals surface area contributed by atoms with Gasteiger partial charge in [-0.05, 0) is 31.2 Å². The third kappa shape index (κ3) is 5.38. The number of carbonyl (C=O) groups excluding carboxylic acids is 1. The zero-order valence-electron chi connectivity index (χ0n) is 12.8. The van der Waals surface area contributed by atoms with Crippen molar-refractivity contribution in [1.82, 2.24) is 0 Å². The third-order valence-corrected chi connectivity index (χ3v) is 4.30. The van der Waals surface area contributed by atoms with Crippen LogP contribution in [0.1, 0.15) is 12.5 Å². The summed E-state index contributed by atoms with van der Waals surface area (Å²) in [5.74, 6) is -1.35. The Balaban J connectivity index is 0.00000288. The van der Waals surface area contributed by atoms with Crippen molar-refractivity contribution in [2.24, 2.45) is 0 Å². The number of para-hydroxylation sites is 1. The fourth-order valence-electron chi connectivity index (χ4n) is 1.97. The zero-order chi connectivity index (χ0) is 17.1. The van der Waals surface area contributed by atoms with Gasteiger partial charge in [0.25, 0.3) is 0 Å². The number of hydrogen-bond donors (Lipinski definition) is 2. The molecule has 0 atom stereocenters. The van der Waals surface area contributed by atoms with Gasteiger partial charge in [0, 0.05) is 61.4 Å². The summed E-state index contributed by atoms with van der Waals surface area (Å²) in [5.41, 5.74) is 0.625. The predicted octanol–water partition coefficient (Wildman–Crippen LogP) is 5.30. The Morgan fingerprint density at radius 1 is 1.25 bits per heavy atom. The monoisotopic (exact) mass is 456 g/mol. The van der Waals surface area contributed by atoms with Gasteiger partial charge in [-0.1, -0.05) is 39.7 Å². The molecule has 2 aromatic rings. The van der Waals surface area contributed by atoms with Crippen LogP contribution in [-0.2, 0) is 4.79 Å². The van der Waals surface area contributed by atoms with Crippen molar-refractivity contribution in [1.29, 1.82) is 0 Å². The fourth-order valence-corrected chi connectivity index (χ4v) is 3.12. The number of nitrogens with one attached hydrogen (secondary N) is 1. The van der Waals surface area contributed by atoms with E-state index in [2.05, 4.69) is 33.9 Å². The van der Waals surface area contributed by atoms with Crippen LogP contribution >= 0.6 is 40.2 Å². The van der Waals surface area contributed by atoms with Crippen LogP contribution in [0.15, 0.2) is 45.9 Å². The van der Waals surface area contributed by atoms with Gasteiger partial charge in [-0.3, -0.25) is 4.79 Å². The van der Waals surface area contributed by atoms with Gasteiger partial charge >= 0.3 is 0 Å². The van der Waals surface area contributed by atoms with E-state index in [1.807, 2.05) is 0 Å². The summed E-state index contributed by atoms with van der Waals surface area (Å²) in [5, 5.41) is 2.96. The molecule has 0 bridgehead atoms. The topological polar surface area (TPSA) is 29.1 Å². The van der Waals surface area contributed by atoms with E-state index < -0.39 is 11.6 Å². The quantitative estimate of drug-likeness (QED) is 0.371. The molecule has 8 heteroatoms. The summed E-state index contributed by atoms with van der Waals surface area (Å²) in [6.07, 6.45) is 0. The van der Waals surface area contributed by atoms with Crippen molar-refractivity contribution >= 4 is 109 Å². The SMILES string of the molecule is CC(=O)C(=C(S)Nc1c(F)cccc1Cl)c1ccc(F)cc1Br.[K]. The van der Waals surface area contributed by atoms with E-state index in [1.54, 1.807) is 0 Å². The molecule has 1 radical (unpaired) electrons. The smallest absolute Gasteiger partial charge is 0.163 e. The first-order chi connectivity index (χ1) is 10.8. The van der Waals surface area contributed by atoms with E-state index in [4.69, 9.17) is 11.6 Å². The molecule has 0 aliphatic rings. The first-order valence-corrected chi connectivity index (χ1v) is 8.03. The van der Waals surface area contributed by atoms with Crippen LogP contribution in [0.5, 0.6) is 0 Å². The van der Waals surface area contributed by atoms with E-state index in [0.717, 1.165) is 0 Å². The molecule has 121 valence electrons. The second-order valence-electron chi connectivity index (χ2n) is 4.63. The van der Waals surface area contributed by atoms with E-state index in [9.17, 15) is 13.6 Å². The van der Waals surface area contributed by atoms with Crippen molar-refractivity contribution < 1.29 is 13.6 Å². The maximum Gasteiger partial charge on any atom is 0.163 e. The van der Waals surface area contributed by atoms with Gasteiger partial charge in [-0.15, -0.1) is 12.6 Å². The first-order valence-electron chi connectivity index (χ1n) is 6.42. The molecule has 0 amide bonds. The average Bonchev–Trinajstić information content (AvgIpc) is 2.45. The van der Waals surface area contributed by atoms with Crippen LogP contribution in [0.2, 0.25) is 5.02 Å². The summed E-state index contributed by atoms with van der Waals surface area (Å²) in [4.78, 5) is 12.0. The van der Waals surface area contributed by atoms with Gasteiger partial charge in [-0.2, -0.15) is 0 Å². The van der Waals surface area contributed by atoms with Gasteiger partial charge in [0.1, 0.15) is 11.6 Å². The molecule has 0 aliphatic heterocycles. The molecular weight excluding hydrogens is 447 g/mol. The van der Waals surface area contributed by atoms with E-state index in [1.165, 1.54) is 43.3 Å². The number of Topliss-reactive ketones (excluding diaryl/α,β-unsaturated/α-hetero) is 1. The molecule has 2 nitrogen and oxygen atoms in total. The Hall–Kier alpha value is 0.266. The Kier molecular flexibility index (Phi) is 9.13. The first kappa shape index (κ1) is 22.3. The van der Waals surface area contributed by atoms with Gasteiger partial charge < -0.3 is 5.32 Å². The Bertz CT molecular complexity index is 796. The summed E-state index contributed by atoms with van der Waals surface area (Å²) >= 11 is 13.4. The van der Waals surface area contributed by atoms with Crippen LogP contribution in [-0.4, -0.2) is 57.2 Å². The summed E-state index contributed by atoms with van der Waals surface area (Å²) < 4.78 is 27.5. The van der Waals surface area contributed by atoms with Crippen LogP contribution in [0, 0.1) is 11.6 Å². The van der Waals surface area contributed by atoms with Crippen molar-refractivity contribution in [2.45, 2.75) is 6.92 Å². The summed E-state index contributed by atoms with van der Waals surface area (Å²) in [6, 6.07) is 8.10. The molecule has 24 heavy (non-hydrogen) atoms. The minimum Gasteiger partial charge on any atom is -0.346 e. The number of rotatable bonds is 4. The standard InChI is InChI=1S/C16H11BrClF2NOS.K/c1-8(22)14(10-6-5-9(19)7-11(10)17)16(23)21-15-12(18)3-2-4-13(15)20;/h2-7,21,23H,1H3;. The minimum atomic E-state index is -0.579. The normalized spacial score (nSPS) is 11.4. The molecule has 0 spiro atoms. The van der Waals surface area contributed by atoms with Crippen LogP contribution < -0.4 is 5.32 Å². The number of thiol groups is 1. The molecule has 0 fully saturated rings. The summed E-state index contributed by atoms with van der Waals surface area (Å²) in [7, 11) is 0. The molecule has 1 N–H and O–H groups in total. The number of hydrogen-bond acceptors (Lipinski definition) is 3. The molecule has 0 aromatic heterocycles. The van der Waals surface area contributed by atoms with Gasteiger partial charge in [-0.25, -0.2) is 8.78 Å². The Morgan fingerprint density at radius 2 is 1.92 bits per heavy atom. The Labute approximate surface area is 200 Å². The number of ketones is 1. The van der Waals surface area contributed by atoms with Crippen molar-refractivity contribution in [3.8, 4) is 0 Å². The number of carbonyl (C=O) groups is 1. The number of allylic oxidation sites excluding steroid dienone is 1. The van der Waals surface area contributed by atoms with Crippen LogP contribution in [0.3, 0.4) is 0 Å². The second kappa shape index (κ2) is 9.82. The van der Waals surface area contributed by atoms with E-state index in [0.29, 0.717) is 10.0 Å². The van der Waals surface area contributed by atoms with Crippen molar-refractivity contribution in [2.75, 3.05) is 5.32 Å². The molecule has 0 saturated carbocycles. The number of halogens is 4. The van der Waals surface area contributed by atoms with E-state index in [-0.39, 0.29) is 78.5 Å². The number of benzene rings is 2. The largest absolute Gasteiger partial charge is 0.346 e. The minimum absolute atomic E-state index is 0. The van der Waals surface area contributed by atoms with Gasteiger partial charge in [0.2, 0.25) is 0 Å². The van der Waals surface area contributed by atoms with Gasteiger partial charge in [0.15, 0.2) is 5.78 Å². The third-order valence-electron chi connectivity index (χ3n) is 3.00. The maximum absolute atomic E-state index is 13.9. The Morgan fingerprint density at radius 3 is 2.46 bits per heavy atom. The van der Waals surface area contributed by atoms with Crippen LogP contribution in [0.25, 0.3) is 5.57 Å². The zero-order valence-corrected chi connectivity index (χ0v) is 19.2. The maximum atomic E-state index is 13.9. The van der Waals surface area contributed by atoms with E-state index >= 15 is 0 Å².